The maximum Gasteiger partial charge on any atom is 0.311 e. The summed E-state index contributed by atoms with van der Waals surface area (Å²) in [5, 5.41) is 16.0. The van der Waals surface area contributed by atoms with Gasteiger partial charge in [0.25, 0.3) is 5.91 Å². The maximum absolute atomic E-state index is 12.0. The largest absolute Gasteiger partial charge is 0.481 e. The topological polar surface area (TPSA) is 84.2 Å². The number of carbonyl (C=O) groups excluding carboxylic acids is 1. The molecule has 19 heavy (non-hydrogen) atoms. The van der Waals surface area contributed by atoms with Gasteiger partial charge in [0.1, 0.15) is 5.69 Å². The number of carboxylic acids is 1. The van der Waals surface area contributed by atoms with E-state index in [0.717, 1.165) is 5.69 Å². The Hall–Kier alpha value is -1.85. The third-order valence-corrected chi connectivity index (χ3v) is 3.62. The molecule has 0 atom stereocenters. The molecule has 0 aliphatic heterocycles. The first-order chi connectivity index (χ1) is 8.85. The number of aromatic nitrogens is 2. The lowest BCUT2D eigenvalue weighted by atomic mass is 10.1. The van der Waals surface area contributed by atoms with Crippen LogP contribution in [0.15, 0.2) is 6.07 Å². The number of nitrogens with zero attached hydrogens (tertiary/aromatic N) is 2. The molecule has 1 aromatic rings. The van der Waals surface area contributed by atoms with Crippen LogP contribution in [0.3, 0.4) is 0 Å². The van der Waals surface area contributed by atoms with Crippen molar-refractivity contribution in [3.8, 4) is 0 Å². The summed E-state index contributed by atoms with van der Waals surface area (Å²) in [6.07, 6.45) is 1.26. The van der Waals surface area contributed by atoms with E-state index in [1.165, 1.54) is 4.68 Å². The van der Waals surface area contributed by atoms with Crippen LogP contribution >= 0.6 is 0 Å². The first kappa shape index (κ1) is 13.6. The minimum Gasteiger partial charge on any atom is -0.481 e. The van der Waals surface area contributed by atoms with Crippen molar-refractivity contribution >= 4 is 11.9 Å². The summed E-state index contributed by atoms with van der Waals surface area (Å²) in [6, 6.07) is 1.75. The third-order valence-electron chi connectivity index (χ3n) is 3.62. The SMILES string of the molecule is CC(C)c1cc(C(=O)NCC2(C(=O)O)CC2)n(C)n1. The fourth-order valence-corrected chi connectivity index (χ4v) is 1.94. The summed E-state index contributed by atoms with van der Waals surface area (Å²) < 4.78 is 1.53. The molecular formula is C13H19N3O3. The highest BCUT2D eigenvalue weighted by atomic mass is 16.4. The molecule has 0 spiro atoms. The first-order valence-corrected chi connectivity index (χ1v) is 6.41. The van der Waals surface area contributed by atoms with Crippen LogP contribution in [-0.4, -0.2) is 33.3 Å². The van der Waals surface area contributed by atoms with Crippen LogP contribution in [0.5, 0.6) is 0 Å². The number of rotatable bonds is 5. The van der Waals surface area contributed by atoms with Crippen molar-refractivity contribution in [3.63, 3.8) is 0 Å². The predicted molar refractivity (Wildman–Crippen MR) is 68.9 cm³/mol. The van der Waals surface area contributed by atoms with Gasteiger partial charge >= 0.3 is 5.97 Å². The Morgan fingerprint density at radius 2 is 2.16 bits per heavy atom. The van der Waals surface area contributed by atoms with Crippen molar-refractivity contribution in [1.82, 2.24) is 15.1 Å². The molecule has 2 N–H and O–H groups in total. The van der Waals surface area contributed by atoms with Crippen molar-refractivity contribution < 1.29 is 14.7 Å². The number of carbonyl (C=O) groups is 2. The second kappa shape index (κ2) is 4.68. The van der Waals surface area contributed by atoms with Crippen LogP contribution in [0.2, 0.25) is 0 Å². The average molecular weight is 265 g/mol. The highest BCUT2D eigenvalue weighted by molar-refractivity contribution is 5.93. The Kier molecular flexibility index (Phi) is 3.34. The van der Waals surface area contributed by atoms with E-state index < -0.39 is 11.4 Å². The van der Waals surface area contributed by atoms with Gasteiger partial charge in [0.15, 0.2) is 0 Å². The minimum atomic E-state index is -0.833. The average Bonchev–Trinajstić information content (AvgIpc) is 3.03. The van der Waals surface area contributed by atoms with E-state index in [1.54, 1.807) is 13.1 Å². The quantitative estimate of drug-likeness (QED) is 0.836. The summed E-state index contributed by atoms with van der Waals surface area (Å²) in [5.74, 6) is -0.850. The Bertz CT molecular complexity index is 515. The van der Waals surface area contributed by atoms with Crippen LogP contribution in [0.4, 0.5) is 0 Å². The lowest BCUT2D eigenvalue weighted by Crippen LogP contribution is -2.35. The third kappa shape index (κ3) is 2.62. The lowest BCUT2D eigenvalue weighted by Gasteiger charge is -2.10. The maximum atomic E-state index is 12.0. The molecule has 1 aliphatic rings. The fraction of sp³-hybridized carbons (Fsp3) is 0.615. The molecule has 0 radical (unpaired) electrons. The van der Waals surface area contributed by atoms with E-state index >= 15 is 0 Å². The summed E-state index contributed by atoms with van der Waals surface area (Å²) in [6.45, 7) is 4.20. The zero-order valence-corrected chi connectivity index (χ0v) is 11.4. The Morgan fingerprint density at radius 3 is 2.58 bits per heavy atom. The normalized spacial score (nSPS) is 16.4. The van der Waals surface area contributed by atoms with E-state index in [4.69, 9.17) is 5.11 Å². The molecule has 104 valence electrons. The van der Waals surface area contributed by atoms with E-state index in [2.05, 4.69) is 10.4 Å². The molecule has 0 unspecified atom stereocenters. The van der Waals surface area contributed by atoms with Crippen molar-refractivity contribution in [2.75, 3.05) is 6.54 Å². The van der Waals surface area contributed by atoms with Crippen LogP contribution < -0.4 is 5.32 Å². The fourth-order valence-electron chi connectivity index (χ4n) is 1.94. The van der Waals surface area contributed by atoms with Crippen LogP contribution in [0, 0.1) is 5.41 Å². The standard InChI is InChI=1S/C13H19N3O3/c1-8(2)9-6-10(16(3)15-9)11(17)14-7-13(4-5-13)12(18)19/h6,8H,4-5,7H2,1-3H3,(H,14,17)(H,18,19). The Balaban J connectivity index is 2.02. The van der Waals surface area contributed by atoms with E-state index in [0.29, 0.717) is 18.5 Å². The highest BCUT2D eigenvalue weighted by Crippen LogP contribution is 2.45. The Labute approximate surface area is 111 Å². The molecule has 1 saturated carbocycles. The number of hydrogen-bond acceptors (Lipinski definition) is 3. The van der Waals surface area contributed by atoms with Gasteiger partial charge in [-0.25, -0.2) is 0 Å². The molecule has 1 amide bonds. The van der Waals surface area contributed by atoms with Gasteiger partial charge in [-0.3, -0.25) is 14.3 Å². The van der Waals surface area contributed by atoms with Gasteiger partial charge in [0.05, 0.1) is 11.1 Å². The van der Waals surface area contributed by atoms with Crippen LogP contribution in [0.25, 0.3) is 0 Å². The molecular weight excluding hydrogens is 246 g/mol. The van der Waals surface area contributed by atoms with Crippen LogP contribution in [0.1, 0.15) is 48.8 Å². The lowest BCUT2D eigenvalue weighted by molar-refractivity contribution is -0.143. The van der Waals surface area contributed by atoms with E-state index in [-0.39, 0.29) is 18.4 Å². The molecule has 0 bridgehead atoms. The van der Waals surface area contributed by atoms with Gasteiger partial charge in [-0.2, -0.15) is 5.10 Å². The first-order valence-electron chi connectivity index (χ1n) is 6.41. The smallest absolute Gasteiger partial charge is 0.311 e. The van der Waals surface area contributed by atoms with Crippen molar-refractivity contribution in [2.45, 2.75) is 32.6 Å². The van der Waals surface area contributed by atoms with Crippen molar-refractivity contribution in [1.29, 1.82) is 0 Å². The second-order valence-electron chi connectivity index (χ2n) is 5.50. The van der Waals surface area contributed by atoms with E-state index in [9.17, 15) is 9.59 Å². The summed E-state index contributed by atoms with van der Waals surface area (Å²) >= 11 is 0. The number of aryl methyl sites for hydroxylation is 1. The molecule has 1 aromatic heterocycles. The number of nitrogens with one attached hydrogen (secondary N) is 1. The Morgan fingerprint density at radius 1 is 1.53 bits per heavy atom. The molecule has 1 fully saturated rings. The zero-order valence-electron chi connectivity index (χ0n) is 11.4. The number of aliphatic carboxylic acids is 1. The van der Waals surface area contributed by atoms with Gasteiger partial charge in [-0.15, -0.1) is 0 Å². The van der Waals surface area contributed by atoms with Gasteiger partial charge in [0, 0.05) is 13.6 Å². The van der Waals surface area contributed by atoms with Gasteiger partial charge < -0.3 is 10.4 Å². The molecule has 1 heterocycles. The monoisotopic (exact) mass is 265 g/mol. The van der Waals surface area contributed by atoms with Crippen LogP contribution in [-0.2, 0) is 11.8 Å². The van der Waals surface area contributed by atoms with Gasteiger partial charge in [-0.1, -0.05) is 13.8 Å². The van der Waals surface area contributed by atoms with Crippen molar-refractivity contribution in [2.24, 2.45) is 12.5 Å². The molecule has 0 aromatic carbocycles. The zero-order chi connectivity index (χ0) is 14.2. The molecule has 1 aliphatic carbocycles. The number of carboxylic acid groups (broad SMARTS) is 1. The molecule has 0 saturated heterocycles. The minimum absolute atomic E-state index is 0.184. The summed E-state index contributed by atoms with van der Waals surface area (Å²) in [7, 11) is 1.71. The summed E-state index contributed by atoms with van der Waals surface area (Å²) in [5.41, 5.74) is 0.576. The second-order valence-corrected chi connectivity index (χ2v) is 5.50. The van der Waals surface area contributed by atoms with Gasteiger partial charge in [0.2, 0.25) is 0 Å². The van der Waals surface area contributed by atoms with Crippen molar-refractivity contribution in [3.05, 3.63) is 17.5 Å². The van der Waals surface area contributed by atoms with Gasteiger partial charge in [-0.05, 0) is 24.8 Å². The molecule has 6 heteroatoms. The number of hydrogen-bond donors (Lipinski definition) is 2. The highest BCUT2D eigenvalue weighted by Gasteiger charge is 2.50. The molecule has 2 rings (SSSR count). The van der Waals surface area contributed by atoms with E-state index in [1.807, 2.05) is 13.8 Å². The summed E-state index contributed by atoms with van der Waals surface area (Å²) in [4.78, 5) is 23.1. The number of amides is 1. The predicted octanol–water partition coefficient (Wildman–Crippen LogP) is 1.14. The molecule has 6 nitrogen and oxygen atoms in total.